The molecule has 4 aliphatic rings. The van der Waals surface area contributed by atoms with Crippen molar-refractivity contribution in [3.8, 4) is 0 Å². The number of anilines is 1. The summed E-state index contributed by atoms with van der Waals surface area (Å²) in [5.74, 6) is 0.117. The summed E-state index contributed by atoms with van der Waals surface area (Å²) < 4.78 is 19.8. The second kappa shape index (κ2) is 7.80. The van der Waals surface area contributed by atoms with Gasteiger partial charge < -0.3 is 25.6 Å². The molecule has 0 aliphatic carbocycles. The lowest BCUT2D eigenvalue weighted by Gasteiger charge is -2.43. The van der Waals surface area contributed by atoms with E-state index in [1.807, 2.05) is 17.9 Å². The van der Waals surface area contributed by atoms with Gasteiger partial charge in [-0.05, 0) is 25.8 Å². The number of hydrogen-bond donors (Lipinski definition) is 3. The van der Waals surface area contributed by atoms with Gasteiger partial charge in [-0.15, -0.1) is 0 Å². The van der Waals surface area contributed by atoms with Gasteiger partial charge >= 0.3 is 0 Å². The Kier molecular flexibility index (Phi) is 5.10. The third-order valence-electron chi connectivity index (χ3n) is 6.09. The molecule has 5 heterocycles. The summed E-state index contributed by atoms with van der Waals surface area (Å²) in [6.07, 6.45) is 8.08. The second-order valence-electron chi connectivity index (χ2n) is 8.63. The second-order valence-corrected chi connectivity index (χ2v) is 9.07. The van der Waals surface area contributed by atoms with Crippen molar-refractivity contribution in [3.63, 3.8) is 0 Å². The van der Waals surface area contributed by atoms with E-state index < -0.39 is 11.2 Å². The van der Waals surface area contributed by atoms with Crippen molar-refractivity contribution in [1.82, 2.24) is 25.5 Å². The van der Waals surface area contributed by atoms with Crippen LogP contribution in [0.5, 0.6) is 0 Å². The zero-order valence-corrected chi connectivity index (χ0v) is 17.9. The standard InChI is InChI=1S/C21H24ClFN6O2/c1-21(10-31-11-21)20(30)29-4-2-3-13(9-29)27-19-16(23)8-26-18(28-19)15-7-25-17-14(15)5-12(22)6-24-17/h5-8,13,17,24-25H,2-4,9-11H2,1H3,(H,26,27,28)/t13-,17?/m0/s1. The molecule has 2 saturated heterocycles. The Labute approximate surface area is 184 Å². The molecule has 1 aromatic rings. The van der Waals surface area contributed by atoms with Gasteiger partial charge in [0.15, 0.2) is 17.5 Å². The zero-order chi connectivity index (χ0) is 21.6. The van der Waals surface area contributed by atoms with Crippen molar-refractivity contribution >= 4 is 28.9 Å². The molecule has 164 valence electrons. The Morgan fingerprint density at radius 1 is 1.39 bits per heavy atom. The lowest BCUT2D eigenvalue weighted by Crippen LogP contribution is -2.56. The fourth-order valence-electron chi connectivity index (χ4n) is 4.33. The Morgan fingerprint density at radius 3 is 2.97 bits per heavy atom. The van der Waals surface area contributed by atoms with E-state index in [4.69, 9.17) is 16.3 Å². The fraction of sp³-hybridized carbons (Fsp3) is 0.476. The van der Waals surface area contributed by atoms with Gasteiger partial charge in [-0.3, -0.25) is 4.79 Å². The number of aromatic nitrogens is 2. The number of allylic oxidation sites excluding steroid dienone is 2. The molecule has 5 rings (SSSR count). The maximum absolute atomic E-state index is 14.5. The first-order chi connectivity index (χ1) is 14.9. The minimum Gasteiger partial charge on any atom is -0.379 e. The third-order valence-corrected chi connectivity index (χ3v) is 6.31. The number of likely N-dealkylation sites (tertiary alicyclic amines) is 1. The molecule has 0 radical (unpaired) electrons. The number of piperidine rings is 1. The largest absolute Gasteiger partial charge is 0.379 e. The van der Waals surface area contributed by atoms with Crippen LogP contribution >= 0.6 is 11.6 Å². The normalized spacial score (nSPS) is 26.4. The van der Waals surface area contributed by atoms with Crippen LogP contribution in [-0.2, 0) is 9.53 Å². The predicted molar refractivity (Wildman–Crippen MR) is 114 cm³/mol. The highest BCUT2D eigenvalue weighted by atomic mass is 35.5. The Hall–Kier alpha value is -2.65. The first-order valence-electron chi connectivity index (χ1n) is 10.4. The van der Waals surface area contributed by atoms with E-state index in [0.29, 0.717) is 37.2 Å². The summed E-state index contributed by atoms with van der Waals surface area (Å²) in [6, 6.07) is -0.0871. The summed E-state index contributed by atoms with van der Waals surface area (Å²) in [5, 5.41) is 10.1. The third kappa shape index (κ3) is 3.76. The van der Waals surface area contributed by atoms with E-state index >= 15 is 0 Å². The Balaban J connectivity index is 1.32. The molecule has 8 nitrogen and oxygen atoms in total. The van der Waals surface area contributed by atoms with Crippen molar-refractivity contribution < 1.29 is 13.9 Å². The number of carbonyl (C=O) groups excluding carboxylic acids is 1. The molecule has 1 aromatic heterocycles. The van der Waals surface area contributed by atoms with Crippen molar-refractivity contribution in [2.45, 2.75) is 32.0 Å². The minimum absolute atomic E-state index is 0.0871. The molecular weight excluding hydrogens is 423 g/mol. The maximum Gasteiger partial charge on any atom is 0.233 e. The molecular formula is C21H24ClFN6O2. The maximum atomic E-state index is 14.5. The van der Waals surface area contributed by atoms with E-state index in [-0.39, 0.29) is 23.9 Å². The number of halogens is 2. The smallest absolute Gasteiger partial charge is 0.233 e. The average molecular weight is 447 g/mol. The lowest BCUT2D eigenvalue weighted by atomic mass is 9.86. The van der Waals surface area contributed by atoms with Crippen LogP contribution in [0, 0.1) is 11.2 Å². The molecule has 1 unspecified atom stereocenters. The number of ether oxygens (including phenoxy) is 1. The van der Waals surface area contributed by atoms with Crippen molar-refractivity contribution in [1.29, 1.82) is 0 Å². The average Bonchev–Trinajstić information content (AvgIpc) is 3.16. The first kappa shape index (κ1) is 20.3. The molecule has 3 N–H and O–H groups in total. The summed E-state index contributed by atoms with van der Waals surface area (Å²) in [7, 11) is 0. The van der Waals surface area contributed by atoms with Crippen molar-refractivity contribution in [2.75, 3.05) is 31.6 Å². The number of nitrogens with one attached hydrogen (secondary N) is 3. The van der Waals surface area contributed by atoms with Crippen LogP contribution in [-0.4, -0.2) is 59.3 Å². The Bertz CT molecular complexity index is 1010. The quantitative estimate of drug-likeness (QED) is 0.651. The molecule has 10 heteroatoms. The van der Waals surface area contributed by atoms with Crippen molar-refractivity contribution in [3.05, 3.63) is 46.9 Å². The van der Waals surface area contributed by atoms with E-state index in [1.165, 1.54) is 6.20 Å². The molecule has 0 aromatic carbocycles. The van der Waals surface area contributed by atoms with E-state index in [9.17, 15) is 9.18 Å². The number of fused-ring (bicyclic) bond motifs is 1. The summed E-state index contributed by atoms with van der Waals surface area (Å²) in [4.78, 5) is 23.3. The van der Waals surface area contributed by atoms with Crippen molar-refractivity contribution in [2.24, 2.45) is 5.41 Å². The summed E-state index contributed by atoms with van der Waals surface area (Å²) in [6.45, 7) is 4.06. The molecule has 0 saturated carbocycles. The molecule has 2 fully saturated rings. The van der Waals surface area contributed by atoms with Crippen LogP contribution in [0.2, 0.25) is 0 Å². The van der Waals surface area contributed by atoms with E-state index in [2.05, 4.69) is 25.9 Å². The monoisotopic (exact) mass is 446 g/mol. The number of hydrogen-bond acceptors (Lipinski definition) is 7. The van der Waals surface area contributed by atoms with Crippen LogP contribution in [0.1, 0.15) is 25.6 Å². The van der Waals surface area contributed by atoms with Gasteiger partial charge in [0.25, 0.3) is 0 Å². The zero-order valence-electron chi connectivity index (χ0n) is 17.1. The molecule has 2 atom stereocenters. The first-order valence-corrected chi connectivity index (χ1v) is 10.8. The van der Waals surface area contributed by atoms with E-state index in [0.717, 1.165) is 24.0 Å². The minimum atomic E-state index is -0.525. The van der Waals surface area contributed by atoms with Gasteiger partial charge in [-0.1, -0.05) is 11.6 Å². The van der Waals surface area contributed by atoms with Crippen LogP contribution in [0.3, 0.4) is 0 Å². The topological polar surface area (TPSA) is 91.4 Å². The molecule has 0 spiro atoms. The van der Waals surface area contributed by atoms with Gasteiger partial charge in [0.2, 0.25) is 5.91 Å². The van der Waals surface area contributed by atoms with Crippen LogP contribution in [0.25, 0.3) is 5.57 Å². The highest BCUT2D eigenvalue weighted by molar-refractivity contribution is 6.31. The fourth-order valence-corrected chi connectivity index (χ4v) is 4.51. The van der Waals surface area contributed by atoms with Gasteiger partial charge in [0.1, 0.15) is 6.17 Å². The van der Waals surface area contributed by atoms with Gasteiger partial charge in [-0.25, -0.2) is 14.4 Å². The highest BCUT2D eigenvalue weighted by Gasteiger charge is 2.44. The molecule has 31 heavy (non-hydrogen) atoms. The lowest BCUT2D eigenvalue weighted by molar-refractivity contribution is -0.169. The number of carbonyl (C=O) groups is 1. The molecule has 0 bridgehead atoms. The molecule has 1 amide bonds. The van der Waals surface area contributed by atoms with Gasteiger partial charge in [0.05, 0.1) is 29.9 Å². The van der Waals surface area contributed by atoms with E-state index in [1.54, 1.807) is 12.4 Å². The number of dihydropyridines is 1. The number of rotatable bonds is 4. The predicted octanol–water partition coefficient (Wildman–Crippen LogP) is 1.94. The van der Waals surface area contributed by atoms with Crippen LogP contribution in [0.4, 0.5) is 10.2 Å². The van der Waals surface area contributed by atoms with Gasteiger partial charge in [-0.2, -0.15) is 0 Å². The number of amides is 1. The van der Waals surface area contributed by atoms with Gasteiger partial charge in [0, 0.05) is 42.7 Å². The molecule has 4 aliphatic heterocycles. The SMILES string of the molecule is CC1(C(=O)N2CCC[C@H](Nc3nc(C4=CNC5NC=C(Cl)C=C45)ncc3F)C2)COC1. The number of nitrogens with zero attached hydrogens (tertiary/aromatic N) is 3. The summed E-state index contributed by atoms with van der Waals surface area (Å²) >= 11 is 6.12. The highest BCUT2D eigenvalue weighted by Crippen LogP contribution is 2.32. The van der Waals surface area contributed by atoms with Crippen LogP contribution in [0.15, 0.2) is 35.3 Å². The Morgan fingerprint density at radius 2 is 2.19 bits per heavy atom. The summed E-state index contributed by atoms with van der Waals surface area (Å²) in [5.41, 5.74) is 1.21. The van der Waals surface area contributed by atoms with Crippen LogP contribution < -0.4 is 16.0 Å².